The van der Waals surface area contributed by atoms with Gasteiger partial charge in [0.2, 0.25) is 11.8 Å². The fourth-order valence-electron chi connectivity index (χ4n) is 17.8. The first-order chi connectivity index (χ1) is 32.8. The second kappa shape index (κ2) is 25.8. The van der Waals surface area contributed by atoms with Crippen LogP contribution in [0.5, 0.6) is 0 Å². The molecule has 10 fully saturated rings. The van der Waals surface area contributed by atoms with E-state index < -0.39 is 11.2 Å². The van der Waals surface area contributed by atoms with Gasteiger partial charge in [-0.1, -0.05) is 37.2 Å². The Morgan fingerprint density at radius 3 is 1.37 bits per heavy atom. The molecular formula is C55H95B2BrN4O6S2-. The van der Waals surface area contributed by atoms with Gasteiger partial charge in [0.05, 0.1) is 23.1 Å². The molecule has 70 heavy (non-hydrogen) atoms. The normalized spacial score (nSPS) is 42.5. The van der Waals surface area contributed by atoms with Gasteiger partial charge in [-0.05, 0) is 199 Å². The van der Waals surface area contributed by atoms with E-state index in [4.69, 9.17) is 0 Å². The molecule has 10 rings (SSSR count). The van der Waals surface area contributed by atoms with Crippen LogP contribution in [0.1, 0.15) is 165 Å². The van der Waals surface area contributed by atoms with E-state index in [1.54, 1.807) is 20.6 Å². The quantitative estimate of drug-likeness (QED) is 0.182. The number of carbonyl (C=O) groups is 4. The summed E-state index contributed by atoms with van der Waals surface area (Å²) in [4.78, 5) is 54.3. The minimum absolute atomic E-state index is 0. The van der Waals surface area contributed by atoms with Gasteiger partial charge >= 0.3 is 18.8 Å². The second-order valence-electron chi connectivity index (χ2n) is 24.8. The van der Waals surface area contributed by atoms with E-state index in [0.717, 1.165) is 144 Å². The van der Waals surface area contributed by atoms with Crippen molar-refractivity contribution >= 4 is 76.9 Å². The number of amides is 2. The summed E-state index contributed by atoms with van der Waals surface area (Å²) in [5, 5.41) is 24.8. The molecule has 8 saturated carbocycles. The number of ketones is 2. The third-order valence-electron chi connectivity index (χ3n) is 21.1. The Balaban J connectivity index is 0.000000211. The predicted octanol–water partition coefficient (Wildman–Crippen LogP) is 8.78. The van der Waals surface area contributed by atoms with Crippen LogP contribution < -0.4 is 5.32 Å². The summed E-state index contributed by atoms with van der Waals surface area (Å²) in [7, 11) is 0. The van der Waals surface area contributed by atoms with Crippen molar-refractivity contribution in [3.8, 4) is 0 Å². The molecule has 8 aliphatic carbocycles. The number of nitrogens with one attached hydrogen (secondary N) is 1. The van der Waals surface area contributed by atoms with Crippen LogP contribution in [0.2, 0.25) is 0 Å². The molecule has 10 nitrogen and oxygen atoms in total. The Bertz CT molecular complexity index is 1770. The van der Waals surface area contributed by atoms with Crippen LogP contribution in [-0.2, 0) is 19.2 Å². The number of piperazine rings is 2. The summed E-state index contributed by atoms with van der Waals surface area (Å²) in [6.45, 7) is 25.3. The number of halogens is 1. The third-order valence-corrected chi connectivity index (χ3v) is 21.7. The molecule has 0 spiro atoms. The van der Waals surface area contributed by atoms with Crippen molar-refractivity contribution in [2.45, 2.75) is 176 Å². The van der Waals surface area contributed by atoms with Crippen LogP contribution in [0.15, 0.2) is 0 Å². The number of rotatable bonds is 5. The Morgan fingerprint density at radius 2 is 0.971 bits per heavy atom. The summed E-state index contributed by atoms with van der Waals surface area (Å²) in [6.07, 6.45) is 21.5. The molecule has 15 heteroatoms. The second-order valence-corrected chi connectivity index (χ2v) is 25.4. The maximum absolute atomic E-state index is 13.5. The monoisotopic (exact) mass is 1070 g/mol. The number of hydrogen-bond donors (Lipinski definition) is 3. The van der Waals surface area contributed by atoms with Gasteiger partial charge in [0.1, 0.15) is 11.6 Å². The van der Waals surface area contributed by atoms with Crippen molar-refractivity contribution < 1.29 is 29.4 Å². The Kier molecular flexibility index (Phi) is 22.1. The molecule has 0 aromatic carbocycles. The zero-order valence-corrected chi connectivity index (χ0v) is 47.1. The first-order valence-electron chi connectivity index (χ1n) is 27.5. The molecule has 16 atom stereocenters. The van der Waals surface area contributed by atoms with Crippen molar-refractivity contribution in [3.05, 3.63) is 0 Å². The molecule has 2 saturated heterocycles. The van der Waals surface area contributed by atoms with Crippen molar-refractivity contribution in [1.82, 2.24) is 20.0 Å². The molecule has 3 N–H and O–H groups in total. The van der Waals surface area contributed by atoms with E-state index in [1.165, 1.54) is 77.0 Å². The molecule has 1 radical (unpaired) electrons. The van der Waals surface area contributed by atoms with Crippen LogP contribution in [0.25, 0.3) is 0 Å². The van der Waals surface area contributed by atoms with Gasteiger partial charge in [0.25, 0.3) is 0 Å². The molecule has 2 heterocycles. The van der Waals surface area contributed by atoms with Crippen molar-refractivity contribution in [1.29, 1.82) is 0 Å². The molecule has 397 valence electrons. The Hall–Kier alpha value is -0.830. The van der Waals surface area contributed by atoms with Crippen LogP contribution in [0.3, 0.4) is 0 Å². The summed E-state index contributed by atoms with van der Waals surface area (Å²) in [5.41, 5.74) is -0.415. The van der Waals surface area contributed by atoms with Gasteiger partial charge in [0.15, 0.2) is 0 Å². The van der Waals surface area contributed by atoms with Crippen LogP contribution in [0, 0.1) is 81.8 Å². The van der Waals surface area contributed by atoms with Crippen LogP contribution >= 0.6 is 40.0 Å². The van der Waals surface area contributed by atoms with Gasteiger partial charge in [0, 0.05) is 78.0 Å². The zero-order valence-electron chi connectivity index (χ0n) is 43.9. The summed E-state index contributed by atoms with van der Waals surface area (Å²) < 4.78 is 0. The minimum atomic E-state index is -0.446. The van der Waals surface area contributed by atoms with E-state index in [9.17, 15) is 29.4 Å². The SMILES string of the molecule is C.CC(=O)N1CCN(CC(=O)[C@H]2CC[C@H]3[C@@H]4CC[C@H]5C[C@](C)(O)CC[C@@H]5[C@H]4CC[C@]23C)CC1.CC(=O)N1CCNCC1.C[C@@]1(O)CC[C@H]2[C@@H](CC[C@@H]3[C@@H]2CC[C@]2(C)[C@@H](C(=O)CBr)CC[C@@H]32)C1.[BH2-]=S.[B]=S. The molecule has 0 aromatic heterocycles. The molecule has 0 bridgehead atoms. The molecule has 2 amide bonds. The number of hydrogen-bond acceptors (Lipinski definition) is 10. The van der Waals surface area contributed by atoms with Crippen molar-refractivity contribution in [3.63, 3.8) is 0 Å². The topological polar surface area (TPSA) is 130 Å². The third kappa shape index (κ3) is 13.2. The predicted molar refractivity (Wildman–Crippen MR) is 296 cm³/mol. The van der Waals surface area contributed by atoms with Gasteiger partial charge in [-0.15, -0.1) is 6.72 Å². The zero-order chi connectivity index (χ0) is 50.5. The molecule has 0 unspecified atom stereocenters. The number of alkyl halides is 1. The van der Waals surface area contributed by atoms with Gasteiger partial charge in [-0.25, -0.2) is 0 Å². The van der Waals surface area contributed by atoms with Gasteiger partial charge in [-0.2, -0.15) is 0 Å². The van der Waals surface area contributed by atoms with Gasteiger partial charge in [-0.3, -0.25) is 24.1 Å². The number of aliphatic hydroxyl groups is 2. The summed E-state index contributed by atoms with van der Waals surface area (Å²) in [5.74, 6) is 9.74. The van der Waals surface area contributed by atoms with Crippen molar-refractivity contribution in [2.24, 2.45) is 81.8 Å². The Labute approximate surface area is 445 Å². The molecular weight excluding hydrogens is 978 g/mol. The average Bonchev–Trinajstić information content (AvgIpc) is 3.89. The number of carbonyl (C=O) groups excluding carboxylic acids is 4. The Morgan fingerprint density at radius 1 is 0.571 bits per heavy atom. The first kappa shape index (κ1) is 60.0. The maximum atomic E-state index is 13.5. The fourth-order valence-corrected chi connectivity index (χ4v) is 18.2. The fraction of sp³-hybridized carbons (Fsp3) is 0.927. The van der Waals surface area contributed by atoms with E-state index in [0.29, 0.717) is 35.3 Å². The molecule has 2 aliphatic heterocycles. The number of Topliss-reactive ketones (excluding diaryl/α,β-unsaturated/α-hetero) is 2. The molecule has 0 aromatic rings. The van der Waals surface area contributed by atoms with Crippen LogP contribution in [-0.4, -0.2) is 137 Å². The van der Waals surface area contributed by atoms with E-state index in [2.05, 4.69) is 70.8 Å². The first-order valence-corrected chi connectivity index (χ1v) is 29.9. The summed E-state index contributed by atoms with van der Waals surface area (Å²) in [6, 6.07) is 0. The van der Waals surface area contributed by atoms with Crippen molar-refractivity contribution in [2.75, 3.05) is 64.2 Å². The average molecular weight is 1070 g/mol. The van der Waals surface area contributed by atoms with Gasteiger partial charge < -0.3 is 37.4 Å². The number of fused-ring (bicyclic) bond motifs is 10. The van der Waals surface area contributed by atoms with Crippen LogP contribution in [0.4, 0.5) is 0 Å². The van der Waals surface area contributed by atoms with E-state index in [-0.39, 0.29) is 36.0 Å². The van der Waals surface area contributed by atoms with E-state index in [1.807, 2.05) is 23.6 Å². The summed E-state index contributed by atoms with van der Waals surface area (Å²) >= 11 is 11.1. The molecule has 10 aliphatic rings. The standard InChI is InChI=1S/C27H44N2O3.C21H33BrO2.C6H12N2O.CH4.BH2S.BS/c1-18(30)29-14-12-28(13-15-29)17-25(31)24-7-6-23-22-5-4-19-16-26(2,32)10-8-20(19)21(22)9-11-27(23,24)3;1-20(24)9-7-14-13(11-20)3-4-16-15(14)8-10-21(2)17(16)5-6-18(21)19(23)12-22;1-6(9)8-4-2-7-3-5-8;;2*1-2/h19-24,32H,4-17H2,1-3H3;13-18,24H,3-12H2,1-2H3;7H,2-5H2,1H3;1H4;1H2;/q;;;;-1;/t19-,20-,21+,22+,23-,24+,26+,27-;13-,14-,15+,16+,17-,18+,20+,21-;;;;/m00..../s1. The number of nitrogens with zero attached hydrogens (tertiary/aromatic N) is 3. The van der Waals surface area contributed by atoms with E-state index >= 15 is 0 Å².